The van der Waals surface area contributed by atoms with Crippen molar-refractivity contribution in [3.63, 3.8) is 0 Å². The first kappa shape index (κ1) is 17.0. The number of hydrogen-bond acceptors (Lipinski definition) is 3. The topological polar surface area (TPSA) is 65.2 Å². The number of carbonyl (C=O) groups excluding carboxylic acids is 1. The second-order valence-electron chi connectivity index (χ2n) is 6.28. The minimum atomic E-state index is -0.415. The van der Waals surface area contributed by atoms with Gasteiger partial charge in [-0.25, -0.2) is 0 Å². The van der Waals surface area contributed by atoms with Gasteiger partial charge in [0.2, 0.25) is 0 Å². The van der Waals surface area contributed by atoms with Gasteiger partial charge in [0, 0.05) is 18.3 Å². The minimum Gasteiger partial charge on any atom is -0.350 e. The highest BCUT2D eigenvalue weighted by Crippen LogP contribution is 2.30. The van der Waals surface area contributed by atoms with Crippen molar-refractivity contribution in [3.8, 4) is 0 Å². The molecule has 1 heterocycles. The molecule has 0 aliphatic heterocycles. The molecule has 2 rings (SSSR count). The molecule has 22 heavy (non-hydrogen) atoms. The van der Waals surface area contributed by atoms with Crippen molar-refractivity contribution in [2.24, 2.45) is 0 Å². The van der Waals surface area contributed by atoms with Crippen LogP contribution in [0.5, 0.6) is 0 Å². The molecule has 0 saturated heterocycles. The summed E-state index contributed by atoms with van der Waals surface area (Å²) in [5.74, 6) is -0.366. The van der Waals surface area contributed by atoms with E-state index in [1.807, 2.05) is 0 Å². The molecule has 0 radical (unpaired) electrons. The van der Waals surface area contributed by atoms with Gasteiger partial charge in [-0.05, 0) is 33.0 Å². The molecule has 1 aliphatic carbocycles. The van der Waals surface area contributed by atoms with E-state index in [0.29, 0.717) is 11.6 Å². The van der Waals surface area contributed by atoms with E-state index in [4.69, 9.17) is 11.6 Å². The molecular weight excluding hydrogens is 302 g/mol. The quantitative estimate of drug-likeness (QED) is 0.836. The highest BCUT2D eigenvalue weighted by atomic mass is 35.5. The summed E-state index contributed by atoms with van der Waals surface area (Å²) in [5, 5.41) is 3.28. The maximum Gasteiger partial charge on any atom is 0.260 e. The second kappa shape index (κ2) is 7.29. The summed E-state index contributed by atoms with van der Waals surface area (Å²) in [7, 11) is 4.12. The summed E-state index contributed by atoms with van der Waals surface area (Å²) >= 11 is 5.85. The molecule has 122 valence electrons. The van der Waals surface area contributed by atoms with Gasteiger partial charge in [0.25, 0.3) is 11.5 Å². The molecule has 0 bridgehead atoms. The Morgan fingerprint density at radius 2 is 1.95 bits per heavy atom. The Morgan fingerprint density at radius 3 is 2.55 bits per heavy atom. The van der Waals surface area contributed by atoms with E-state index < -0.39 is 5.56 Å². The van der Waals surface area contributed by atoms with Crippen molar-refractivity contribution < 1.29 is 4.79 Å². The first-order chi connectivity index (χ1) is 10.4. The zero-order valence-corrected chi connectivity index (χ0v) is 14.0. The number of aromatic amines is 1. The molecule has 0 atom stereocenters. The summed E-state index contributed by atoms with van der Waals surface area (Å²) in [4.78, 5) is 28.7. The predicted octanol–water partition coefficient (Wildman–Crippen LogP) is 2.41. The molecular formula is C16H24ClN3O2. The molecule has 1 aromatic rings. The van der Waals surface area contributed by atoms with Gasteiger partial charge in [0.15, 0.2) is 0 Å². The summed E-state index contributed by atoms with van der Waals surface area (Å²) in [5.41, 5.74) is -0.381. The van der Waals surface area contributed by atoms with Gasteiger partial charge in [-0.2, -0.15) is 0 Å². The Morgan fingerprint density at radius 1 is 1.32 bits per heavy atom. The largest absolute Gasteiger partial charge is 0.350 e. The Hall–Kier alpha value is -1.33. The first-order valence-electron chi connectivity index (χ1n) is 7.78. The molecule has 1 amide bonds. The molecule has 1 saturated carbocycles. The number of carbonyl (C=O) groups is 1. The molecule has 1 fully saturated rings. The average Bonchev–Trinajstić information content (AvgIpc) is 2.74. The van der Waals surface area contributed by atoms with Crippen LogP contribution in [0, 0.1) is 0 Å². The fourth-order valence-electron chi connectivity index (χ4n) is 3.13. The third-order valence-electron chi connectivity index (χ3n) is 4.67. The summed E-state index contributed by atoms with van der Waals surface area (Å²) in [6.45, 7) is 0.546. The van der Waals surface area contributed by atoms with Crippen molar-refractivity contribution in [2.75, 3.05) is 20.6 Å². The lowest BCUT2D eigenvalue weighted by Gasteiger charge is -2.39. The SMILES string of the molecule is CN(C)C1(CNC(=O)c2cc(Cl)c[nH]c2=O)CCCCCC1. The Bertz CT molecular complexity index is 575. The normalized spacial score (nSPS) is 18.0. The lowest BCUT2D eigenvalue weighted by molar-refractivity contribution is 0.0867. The van der Waals surface area contributed by atoms with Gasteiger partial charge in [-0.1, -0.05) is 37.3 Å². The minimum absolute atomic E-state index is 0.0303. The Kier molecular flexibility index (Phi) is 5.64. The summed E-state index contributed by atoms with van der Waals surface area (Å²) in [6, 6.07) is 1.41. The van der Waals surface area contributed by atoms with Crippen LogP contribution in [0.4, 0.5) is 0 Å². The summed E-state index contributed by atoms with van der Waals surface area (Å²) < 4.78 is 0. The van der Waals surface area contributed by atoms with Crippen molar-refractivity contribution in [1.29, 1.82) is 0 Å². The van der Waals surface area contributed by atoms with Crippen molar-refractivity contribution >= 4 is 17.5 Å². The van der Waals surface area contributed by atoms with E-state index in [0.717, 1.165) is 12.8 Å². The molecule has 5 nitrogen and oxygen atoms in total. The van der Waals surface area contributed by atoms with Gasteiger partial charge >= 0.3 is 0 Å². The van der Waals surface area contributed by atoms with E-state index >= 15 is 0 Å². The lowest BCUT2D eigenvalue weighted by atomic mass is 9.88. The highest BCUT2D eigenvalue weighted by molar-refractivity contribution is 6.30. The number of amides is 1. The van der Waals surface area contributed by atoms with Crippen LogP contribution in [-0.2, 0) is 0 Å². The van der Waals surface area contributed by atoms with Crippen LogP contribution >= 0.6 is 11.6 Å². The van der Waals surface area contributed by atoms with E-state index in [1.54, 1.807) is 0 Å². The van der Waals surface area contributed by atoms with Crippen LogP contribution in [0.15, 0.2) is 17.1 Å². The third-order valence-corrected chi connectivity index (χ3v) is 4.89. The van der Waals surface area contributed by atoms with Crippen LogP contribution in [0.1, 0.15) is 48.9 Å². The molecule has 6 heteroatoms. The van der Waals surface area contributed by atoms with E-state index in [1.165, 1.54) is 37.9 Å². The first-order valence-corrected chi connectivity index (χ1v) is 8.16. The second-order valence-corrected chi connectivity index (χ2v) is 6.71. The number of nitrogens with zero attached hydrogens (tertiary/aromatic N) is 1. The number of hydrogen-bond donors (Lipinski definition) is 2. The van der Waals surface area contributed by atoms with E-state index in [-0.39, 0.29) is 17.0 Å². The summed E-state index contributed by atoms with van der Waals surface area (Å²) in [6.07, 6.45) is 8.35. The average molecular weight is 326 g/mol. The van der Waals surface area contributed by atoms with Gasteiger partial charge in [-0.15, -0.1) is 0 Å². The third kappa shape index (κ3) is 3.90. The van der Waals surface area contributed by atoms with Crippen LogP contribution in [0.2, 0.25) is 5.02 Å². The van der Waals surface area contributed by atoms with Crippen molar-refractivity contribution in [2.45, 2.75) is 44.1 Å². The monoisotopic (exact) mass is 325 g/mol. The number of nitrogens with one attached hydrogen (secondary N) is 2. The maximum atomic E-state index is 12.3. The molecule has 0 spiro atoms. The molecule has 1 aliphatic rings. The predicted molar refractivity (Wildman–Crippen MR) is 88.5 cm³/mol. The van der Waals surface area contributed by atoms with E-state index in [2.05, 4.69) is 29.3 Å². The standard InChI is InChI=1S/C16H24ClN3O2/c1-20(2)16(7-5-3-4-6-8-16)11-19-15(22)13-9-12(17)10-18-14(13)21/h9-10H,3-8,11H2,1-2H3,(H,18,21)(H,19,22). The fraction of sp³-hybridized carbons (Fsp3) is 0.625. The number of H-pyrrole nitrogens is 1. The lowest BCUT2D eigenvalue weighted by Crippen LogP contribution is -2.52. The molecule has 0 aromatic carbocycles. The Balaban J connectivity index is 2.10. The van der Waals surface area contributed by atoms with Gasteiger partial charge in [0.05, 0.1) is 5.02 Å². The number of halogens is 1. The number of likely N-dealkylation sites (N-methyl/N-ethyl adjacent to an activating group) is 1. The van der Waals surface area contributed by atoms with Crippen LogP contribution in [0.25, 0.3) is 0 Å². The number of pyridine rings is 1. The highest BCUT2D eigenvalue weighted by Gasteiger charge is 2.33. The van der Waals surface area contributed by atoms with Gasteiger partial charge < -0.3 is 15.2 Å². The molecule has 0 unspecified atom stereocenters. The van der Waals surface area contributed by atoms with Crippen molar-refractivity contribution in [1.82, 2.24) is 15.2 Å². The zero-order valence-electron chi connectivity index (χ0n) is 13.2. The molecule has 2 N–H and O–H groups in total. The van der Waals surface area contributed by atoms with Crippen molar-refractivity contribution in [3.05, 3.63) is 33.2 Å². The molecule has 1 aromatic heterocycles. The van der Waals surface area contributed by atoms with Gasteiger partial charge in [0.1, 0.15) is 5.56 Å². The van der Waals surface area contributed by atoms with Crippen LogP contribution in [0.3, 0.4) is 0 Å². The number of rotatable bonds is 4. The van der Waals surface area contributed by atoms with E-state index in [9.17, 15) is 9.59 Å². The maximum absolute atomic E-state index is 12.3. The van der Waals surface area contributed by atoms with Crippen LogP contribution in [-0.4, -0.2) is 42.0 Å². The Labute approximate surface area is 136 Å². The fourth-order valence-corrected chi connectivity index (χ4v) is 3.30. The smallest absolute Gasteiger partial charge is 0.260 e. The van der Waals surface area contributed by atoms with Gasteiger partial charge in [-0.3, -0.25) is 9.59 Å². The zero-order chi connectivity index (χ0) is 16.2. The van der Waals surface area contributed by atoms with Crippen LogP contribution < -0.4 is 10.9 Å². The number of aromatic nitrogens is 1.